The molecule has 0 aliphatic carbocycles. The summed E-state index contributed by atoms with van der Waals surface area (Å²) in [6, 6.07) is 9.84. The van der Waals surface area contributed by atoms with E-state index >= 15 is 0 Å². The average molecular weight is 383 g/mol. The van der Waals surface area contributed by atoms with E-state index in [1.807, 2.05) is 24.3 Å². The lowest BCUT2D eigenvalue weighted by molar-refractivity contribution is -0.398. The van der Waals surface area contributed by atoms with Crippen LogP contribution in [0.2, 0.25) is 5.02 Å². The van der Waals surface area contributed by atoms with Crippen LogP contribution >= 0.6 is 11.6 Å². The lowest BCUT2D eigenvalue weighted by atomic mass is 10.2. The SMILES string of the molecule is O=[N+]([O-])c1cc(Cl)cc(/C=N\Nc2nnc3c(n2)[nH]c2ccccc23)c1[O-]. The Balaban J connectivity index is 1.62. The highest BCUT2D eigenvalue weighted by atomic mass is 35.5. The molecular weight excluding hydrogens is 374 g/mol. The first-order valence-corrected chi connectivity index (χ1v) is 7.96. The van der Waals surface area contributed by atoms with Crippen molar-refractivity contribution < 1.29 is 10.0 Å². The summed E-state index contributed by atoms with van der Waals surface area (Å²) in [7, 11) is 0. The van der Waals surface area contributed by atoms with Crippen LogP contribution in [0.15, 0.2) is 41.5 Å². The fourth-order valence-corrected chi connectivity index (χ4v) is 2.78. The second-order valence-corrected chi connectivity index (χ2v) is 5.91. The van der Waals surface area contributed by atoms with Crippen molar-refractivity contribution in [2.24, 2.45) is 5.10 Å². The Bertz CT molecular complexity index is 1220. The largest absolute Gasteiger partial charge is 0.867 e. The van der Waals surface area contributed by atoms with Crippen LogP contribution in [0.3, 0.4) is 0 Å². The quantitative estimate of drug-likeness (QED) is 0.313. The molecule has 0 saturated carbocycles. The number of H-pyrrole nitrogens is 1. The Morgan fingerprint density at radius 1 is 1.26 bits per heavy atom. The second-order valence-electron chi connectivity index (χ2n) is 5.47. The normalized spacial score (nSPS) is 11.4. The summed E-state index contributed by atoms with van der Waals surface area (Å²) in [6.07, 6.45) is 1.11. The third kappa shape index (κ3) is 3.09. The van der Waals surface area contributed by atoms with Crippen molar-refractivity contribution in [3.63, 3.8) is 0 Å². The Kier molecular flexibility index (Phi) is 4.01. The van der Waals surface area contributed by atoms with Crippen molar-refractivity contribution in [1.29, 1.82) is 0 Å². The van der Waals surface area contributed by atoms with Gasteiger partial charge >= 0.3 is 0 Å². The van der Waals surface area contributed by atoms with E-state index < -0.39 is 16.4 Å². The summed E-state index contributed by atoms with van der Waals surface area (Å²) < 4.78 is 0. The highest BCUT2D eigenvalue weighted by molar-refractivity contribution is 6.31. The van der Waals surface area contributed by atoms with Crippen LogP contribution in [0.25, 0.3) is 22.1 Å². The molecule has 2 heterocycles. The van der Waals surface area contributed by atoms with Gasteiger partial charge in [0.25, 0.3) is 11.6 Å². The van der Waals surface area contributed by atoms with Gasteiger partial charge in [-0.05, 0) is 23.4 Å². The van der Waals surface area contributed by atoms with Crippen LogP contribution < -0.4 is 10.5 Å². The van der Waals surface area contributed by atoms with Crippen molar-refractivity contribution in [2.45, 2.75) is 0 Å². The standard InChI is InChI=1S/C16H10ClN7O3/c17-9-5-8(14(25)12(6-9)24(26)27)7-18-22-16-20-15-13(21-23-16)10-3-1-2-4-11(10)19-15/h1-7,25H,(H2,19,20,22,23)/p-1/b18-7-. The number of fused-ring (bicyclic) bond motifs is 3. The van der Waals surface area contributed by atoms with E-state index in [1.54, 1.807) is 0 Å². The number of nitro groups is 1. The predicted molar refractivity (Wildman–Crippen MR) is 98.0 cm³/mol. The van der Waals surface area contributed by atoms with Crippen molar-refractivity contribution >= 4 is 51.5 Å². The molecule has 10 nitrogen and oxygen atoms in total. The van der Waals surface area contributed by atoms with Crippen LogP contribution in [0.1, 0.15) is 5.56 Å². The molecule has 2 N–H and O–H groups in total. The molecule has 2 aromatic heterocycles. The fraction of sp³-hybridized carbons (Fsp3) is 0. The minimum absolute atomic E-state index is 0.0404. The van der Waals surface area contributed by atoms with E-state index in [4.69, 9.17) is 11.6 Å². The Labute approximate surface area is 155 Å². The van der Waals surface area contributed by atoms with Gasteiger partial charge in [0.2, 0.25) is 0 Å². The number of rotatable bonds is 4. The molecule has 0 fully saturated rings. The van der Waals surface area contributed by atoms with Gasteiger partial charge in [0.1, 0.15) is 5.52 Å². The van der Waals surface area contributed by atoms with Crippen molar-refractivity contribution in [3.8, 4) is 5.75 Å². The van der Waals surface area contributed by atoms with Crippen LogP contribution in [0.4, 0.5) is 11.6 Å². The average Bonchev–Trinajstić information content (AvgIpc) is 3.01. The van der Waals surface area contributed by atoms with Gasteiger partial charge in [-0.15, -0.1) is 10.2 Å². The maximum Gasteiger partial charge on any atom is 0.265 e. The van der Waals surface area contributed by atoms with Gasteiger partial charge in [0.15, 0.2) is 5.65 Å². The molecule has 27 heavy (non-hydrogen) atoms. The van der Waals surface area contributed by atoms with Crippen molar-refractivity contribution in [1.82, 2.24) is 20.2 Å². The zero-order valence-corrected chi connectivity index (χ0v) is 14.1. The van der Waals surface area contributed by atoms with Crippen LogP contribution in [0.5, 0.6) is 5.75 Å². The fourth-order valence-electron chi connectivity index (χ4n) is 2.56. The number of hydrazone groups is 1. The number of aromatic amines is 1. The number of para-hydroxylation sites is 1. The molecule has 4 rings (SSSR count). The number of nitrogens with one attached hydrogen (secondary N) is 2. The number of nitro benzene ring substituents is 1. The smallest absolute Gasteiger partial charge is 0.265 e. The maximum absolute atomic E-state index is 12.0. The lowest BCUT2D eigenvalue weighted by Gasteiger charge is -2.10. The number of halogens is 1. The first kappa shape index (κ1) is 16.7. The molecular formula is C16H9ClN7O3-. The molecule has 0 aliphatic rings. The zero-order valence-electron chi connectivity index (χ0n) is 13.4. The Morgan fingerprint density at radius 2 is 2.07 bits per heavy atom. The van der Waals surface area contributed by atoms with E-state index in [9.17, 15) is 15.2 Å². The monoisotopic (exact) mass is 382 g/mol. The summed E-state index contributed by atoms with van der Waals surface area (Å²) in [5, 5.41) is 35.7. The van der Waals surface area contributed by atoms with E-state index in [2.05, 4.69) is 30.7 Å². The number of benzene rings is 2. The highest BCUT2D eigenvalue weighted by Crippen LogP contribution is 2.30. The topological polar surface area (TPSA) is 145 Å². The minimum Gasteiger partial charge on any atom is -0.867 e. The van der Waals surface area contributed by atoms with Crippen molar-refractivity contribution in [2.75, 3.05) is 5.43 Å². The van der Waals surface area contributed by atoms with E-state index in [0.717, 1.165) is 23.2 Å². The van der Waals surface area contributed by atoms with E-state index in [0.29, 0.717) is 11.2 Å². The molecule has 0 amide bonds. The molecule has 11 heteroatoms. The van der Waals surface area contributed by atoms with E-state index in [-0.39, 0.29) is 16.5 Å². The number of anilines is 1. The Hall–Kier alpha value is -3.79. The van der Waals surface area contributed by atoms with Gasteiger partial charge < -0.3 is 10.1 Å². The summed E-state index contributed by atoms with van der Waals surface area (Å²) >= 11 is 5.80. The zero-order chi connectivity index (χ0) is 19.0. The van der Waals surface area contributed by atoms with Crippen LogP contribution in [-0.2, 0) is 0 Å². The third-order valence-corrected chi connectivity index (χ3v) is 3.97. The number of hydrogen-bond acceptors (Lipinski definition) is 8. The summed E-state index contributed by atoms with van der Waals surface area (Å²) in [6.45, 7) is 0. The summed E-state index contributed by atoms with van der Waals surface area (Å²) in [5.41, 5.74) is 3.88. The van der Waals surface area contributed by atoms with Gasteiger partial charge in [-0.25, -0.2) is 5.43 Å². The molecule has 134 valence electrons. The highest BCUT2D eigenvalue weighted by Gasteiger charge is 2.11. The molecule has 2 aromatic carbocycles. The predicted octanol–water partition coefficient (Wildman–Crippen LogP) is 2.59. The molecule has 0 saturated heterocycles. The summed E-state index contributed by atoms with van der Waals surface area (Å²) in [5.74, 6) is -0.700. The molecule has 0 radical (unpaired) electrons. The summed E-state index contributed by atoms with van der Waals surface area (Å²) in [4.78, 5) is 17.5. The number of aromatic nitrogens is 4. The first-order valence-electron chi connectivity index (χ1n) is 7.58. The third-order valence-electron chi connectivity index (χ3n) is 3.75. The van der Waals surface area contributed by atoms with Crippen LogP contribution in [-0.4, -0.2) is 31.3 Å². The van der Waals surface area contributed by atoms with Gasteiger partial charge in [-0.2, -0.15) is 10.1 Å². The molecule has 0 atom stereocenters. The Morgan fingerprint density at radius 3 is 2.89 bits per heavy atom. The molecule has 0 spiro atoms. The maximum atomic E-state index is 12.0. The number of hydrogen-bond donors (Lipinski definition) is 2. The molecule has 4 aromatic rings. The van der Waals surface area contributed by atoms with Crippen LogP contribution in [0, 0.1) is 10.1 Å². The lowest BCUT2D eigenvalue weighted by Crippen LogP contribution is -2.03. The van der Waals surface area contributed by atoms with Crippen molar-refractivity contribution in [3.05, 3.63) is 57.1 Å². The van der Waals surface area contributed by atoms with Gasteiger partial charge in [0.05, 0.1) is 11.1 Å². The number of nitrogens with zero attached hydrogens (tertiary/aromatic N) is 5. The molecule has 0 unspecified atom stereocenters. The van der Waals surface area contributed by atoms with Gasteiger partial charge in [0, 0.05) is 22.0 Å². The molecule has 0 aliphatic heterocycles. The van der Waals surface area contributed by atoms with Gasteiger partial charge in [-0.3, -0.25) is 10.1 Å². The minimum atomic E-state index is -0.796. The molecule has 0 bridgehead atoms. The first-order chi connectivity index (χ1) is 13.0. The van der Waals surface area contributed by atoms with E-state index in [1.165, 1.54) is 6.07 Å². The second kappa shape index (κ2) is 6.50. The van der Waals surface area contributed by atoms with Gasteiger partial charge in [-0.1, -0.05) is 29.8 Å².